The SMILES string of the molecule is C[C@@H]1CC[C@H](C)N1C(=O)[C@@H](O)[C@@H](O)c1nc2ccccc2s1. The van der Waals surface area contributed by atoms with Crippen molar-refractivity contribution in [1.29, 1.82) is 0 Å². The summed E-state index contributed by atoms with van der Waals surface area (Å²) in [7, 11) is 0. The zero-order chi connectivity index (χ0) is 15.9. The van der Waals surface area contributed by atoms with E-state index in [1.807, 2.05) is 38.1 Å². The third kappa shape index (κ3) is 2.62. The quantitative estimate of drug-likeness (QED) is 0.908. The topological polar surface area (TPSA) is 73.7 Å². The van der Waals surface area contributed by atoms with Crippen molar-refractivity contribution in [3.63, 3.8) is 0 Å². The monoisotopic (exact) mass is 320 g/mol. The first-order valence-electron chi connectivity index (χ1n) is 7.53. The Bertz CT molecular complexity index is 644. The summed E-state index contributed by atoms with van der Waals surface area (Å²) in [4.78, 5) is 18.5. The average Bonchev–Trinajstić information content (AvgIpc) is 3.08. The molecule has 1 saturated heterocycles. The summed E-state index contributed by atoms with van der Waals surface area (Å²) in [6.45, 7) is 3.94. The molecular formula is C16H20N2O3S. The van der Waals surface area contributed by atoms with Crippen LogP contribution in [0.1, 0.15) is 37.8 Å². The van der Waals surface area contributed by atoms with Gasteiger partial charge in [0.2, 0.25) is 0 Å². The molecule has 0 bridgehead atoms. The van der Waals surface area contributed by atoms with Crippen LogP contribution in [0, 0.1) is 0 Å². The zero-order valence-electron chi connectivity index (χ0n) is 12.6. The number of likely N-dealkylation sites (tertiary alicyclic amines) is 1. The molecule has 0 spiro atoms. The number of nitrogens with zero attached hydrogens (tertiary/aromatic N) is 2. The molecule has 6 heteroatoms. The molecule has 5 nitrogen and oxygen atoms in total. The number of hydrogen-bond donors (Lipinski definition) is 2. The van der Waals surface area contributed by atoms with Crippen LogP contribution >= 0.6 is 11.3 Å². The van der Waals surface area contributed by atoms with Crippen LogP contribution in [-0.4, -0.2) is 44.2 Å². The summed E-state index contributed by atoms with van der Waals surface area (Å²) in [5.41, 5.74) is 0.768. The average molecular weight is 320 g/mol. The summed E-state index contributed by atoms with van der Waals surface area (Å²) < 4.78 is 0.930. The number of carbonyl (C=O) groups excluding carboxylic acids is 1. The van der Waals surface area contributed by atoms with E-state index in [0.29, 0.717) is 5.01 Å². The predicted molar refractivity (Wildman–Crippen MR) is 85.6 cm³/mol. The maximum atomic E-state index is 12.5. The highest BCUT2D eigenvalue weighted by molar-refractivity contribution is 7.18. The van der Waals surface area contributed by atoms with Crippen LogP contribution in [0.15, 0.2) is 24.3 Å². The third-order valence-corrected chi connectivity index (χ3v) is 5.43. The van der Waals surface area contributed by atoms with Crippen molar-refractivity contribution >= 4 is 27.5 Å². The van der Waals surface area contributed by atoms with Gasteiger partial charge in [0.25, 0.3) is 5.91 Å². The van der Waals surface area contributed by atoms with Crippen molar-refractivity contribution < 1.29 is 15.0 Å². The van der Waals surface area contributed by atoms with E-state index in [-0.39, 0.29) is 12.1 Å². The van der Waals surface area contributed by atoms with Gasteiger partial charge in [-0.3, -0.25) is 4.79 Å². The Morgan fingerprint density at radius 3 is 2.55 bits per heavy atom. The van der Waals surface area contributed by atoms with Crippen molar-refractivity contribution in [2.24, 2.45) is 0 Å². The van der Waals surface area contributed by atoms with Crippen LogP contribution in [0.3, 0.4) is 0 Å². The standard InChI is InChI=1S/C16H20N2O3S/c1-9-7-8-10(2)18(9)16(21)14(20)13(19)15-17-11-5-3-4-6-12(11)22-15/h3-6,9-10,13-14,19-20H,7-8H2,1-2H3/t9-,10+,13-,14+/m1/s1. The molecule has 1 aliphatic heterocycles. The molecule has 2 heterocycles. The Kier molecular flexibility index (Phi) is 4.16. The number of amides is 1. The van der Waals surface area contributed by atoms with Crippen molar-refractivity contribution in [3.8, 4) is 0 Å². The van der Waals surface area contributed by atoms with Gasteiger partial charge in [0, 0.05) is 12.1 Å². The molecule has 1 aromatic heterocycles. The van der Waals surface area contributed by atoms with Gasteiger partial charge in [-0.2, -0.15) is 0 Å². The summed E-state index contributed by atoms with van der Waals surface area (Å²) >= 11 is 1.30. The summed E-state index contributed by atoms with van der Waals surface area (Å²) in [6, 6.07) is 7.71. The number of benzene rings is 1. The van der Waals surface area contributed by atoms with Gasteiger partial charge in [0.1, 0.15) is 11.1 Å². The van der Waals surface area contributed by atoms with E-state index >= 15 is 0 Å². The number of aromatic nitrogens is 1. The molecule has 1 aromatic carbocycles. The molecule has 0 unspecified atom stereocenters. The number of thiazole rings is 1. The van der Waals surface area contributed by atoms with Crippen LogP contribution in [0.25, 0.3) is 10.2 Å². The first-order chi connectivity index (χ1) is 10.5. The third-order valence-electron chi connectivity index (χ3n) is 4.32. The Morgan fingerprint density at radius 2 is 1.91 bits per heavy atom. The summed E-state index contributed by atoms with van der Waals surface area (Å²) in [5, 5.41) is 21.0. The fourth-order valence-electron chi connectivity index (χ4n) is 3.07. The number of carbonyl (C=O) groups is 1. The van der Waals surface area contributed by atoms with Crippen LogP contribution in [0.4, 0.5) is 0 Å². The minimum Gasteiger partial charge on any atom is -0.383 e. The Hall–Kier alpha value is -1.50. The minimum absolute atomic E-state index is 0.0970. The van der Waals surface area contributed by atoms with Crippen LogP contribution in [0.2, 0.25) is 0 Å². The number of aliphatic hydroxyl groups excluding tert-OH is 2. The fourth-order valence-corrected chi connectivity index (χ4v) is 4.05. The number of fused-ring (bicyclic) bond motifs is 1. The molecule has 1 amide bonds. The second-order valence-corrected chi connectivity index (χ2v) is 6.99. The van der Waals surface area contributed by atoms with Crippen LogP contribution in [0.5, 0.6) is 0 Å². The summed E-state index contributed by atoms with van der Waals surface area (Å²) in [5.74, 6) is -0.413. The van der Waals surface area contributed by atoms with Crippen LogP contribution in [-0.2, 0) is 4.79 Å². The lowest BCUT2D eigenvalue weighted by molar-refractivity contribution is -0.148. The Balaban J connectivity index is 1.81. The maximum absolute atomic E-state index is 12.5. The molecule has 0 radical (unpaired) electrons. The lowest BCUT2D eigenvalue weighted by Gasteiger charge is -2.29. The summed E-state index contributed by atoms with van der Waals surface area (Å²) in [6.07, 6.45) is -0.901. The van der Waals surface area contributed by atoms with Crippen molar-refractivity contribution in [1.82, 2.24) is 9.88 Å². The predicted octanol–water partition coefficient (Wildman–Crippen LogP) is 2.09. The van der Waals surface area contributed by atoms with E-state index < -0.39 is 18.1 Å². The first-order valence-corrected chi connectivity index (χ1v) is 8.34. The lowest BCUT2D eigenvalue weighted by atomic mass is 10.1. The van der Waals surface area contributed by atoms with Gasteiger partial charge in [-0.25, -0.2) is 4.98 Å². The van der Waals surface area contributed by atoms with Gasteiger partial charge >= 0.3 is 0 Å². The molecule has 0 saturated carbocycles. The smallest absolute Gasteiger partial charge is 0.255 e. The largest absolute Gasteiger partial charge is 0.383 e. The van der Waals surface area contributed by atoms with Gasteiger partial charge in [-0.15, -0.1) is 11.3 Å². The van der Waals surface area contributed by atoms with E-state index in [2.05, 4.69) is 4.98 Å². The van der Waals surface area contributed by atoms with E-state index in [4.69, 9.17) is 0 Å². The number of hydrogen-bond acceptors (Lipinski definition) is 5. The van der Waals surface area contributed by atoms with Crippen molar-refractivity contribution in [2.45, 2.75) is 51.0 Å². The fraction of sp³-hybridized carbons (Fsp3) is 0.500. The maximum Gasteiger partial charge on any atom is 0.255 e. The van der Waals surface area contributed by atoms with Crippen molar-refractivity contribution in [3.05, 3.63) is 29.3 Å². The number of aliphatic hydroxyl groups is 2. The molecule has 2 N–H and O–H groups in total. The van der Waals surface area contributed by atoms with E-state index in [1.54, 1.807) is 4.90 Å². The second-order valence-electron chi connectivity index (χ2n) is 5.93. The Morgan fingerprint density at radius 1 is 1.27 bits per heavy atom. The van der Waals surface area contributed by atoms with E-state index in [1.165, 1.54) is 11.3 Å². The lowest BCUT2D eigenvalue weighted by Crippen LogP contribution is -2.46. The minimum atomic E-state index is -1.47. The van der Waals surface area contributed by atoms with Crippen molar-refractivity contribution in [2.75, 3.05) is 0 Å². The van der Waals surface area contributed by atoms with E-state index in [0.717, 1.165) is 23.1 Å². The highest BCUT2D eigenvalue weighted by Crippen LogP contribution is 2.30. The van der Waals surface area contributed by atoms with Gasteiger partial charge in [-0.05, 0) is 38.8 Å². The molecule has 4 atom stereocenters. The normalized spacial score (nSPS) is 24.6. The zero-order valence-corrected chi connectivity index (χ0v) is 13.5. The molecule has 1 fully saturated rings. The molecule has 3 rings (SSSR count). The highest BCUT2D eigenvalue weighted by atomic mass is 32.1. The molecule has 22 heavy (non-hydrogen) atoms. The van der Waals surface area contributed by atoms with Gasteiger partial charge in [0.05, 0.1) is 10.2 Å². The van der Waals surface area contributed by atoms with E-state index in [9.17, 15) is 15.0 Å². The second kappa shape index (κ2) is 5.95. The number of rotatable bonds is 3. The van der Waals surface area contributed by atoms with Gasteiger partial charge < -0.3 is 15.1 Å². The highest BCUT2D eigenvalue weighted by Gasteiger charge is 2.38. The molecular weight excluding hydrogens is 300 g/mol. The van der Waals surface area contributed by atoms with Gasteiger partial charge in [-0.1, -0.05) is 12.1 Å². The Labute approximate surface area is 133 Å². The molecule has 2 aromatic rings. The van der Waals surface area contributed by atoms with Gasteiger partial charge in [0.15, 0.2) is 6.10 Å². The van der Waals surface area contributed by atoms with Crippen LogP contribution < -0.4 is 0 Å². The molecule has 0 aliphatic carbocycles. The molecule has 1 aliphatic rings. The number of para-hydroxylation sites is 1. The molecule has 118 valence electrons. The first kappa shape index (κ1) is 15.4.